The summed E-state index contributed by atoms with van der Waals surface area (Å²) in [6.07, 6.45) is 3.23. The number of aryl methyl sites for hydroxylation is 2. The average Bonchev–Trinajstić information content (AvgIpc) is 2.93. The van der Waals surface area contributed by atoms with Gasteiger partial charge < -0.3 is 4.90 Å². The zero-order chi connectivity index (χ0) is 19.9. The van der Waals surface area contributed by atoms with Gasteiger partial charge >= 0.3 is 0 Å². The van der Waals surface area contributed by atoms with Gasteiger partial charge in [-0.05, 0) is 68.4 Å². The molecule has 0 saturated carbocycles. The van der Waals surface area contributed by atoms with Crippen molar-refractivity contribution in [1.29, 1.82) is 0 Å². The van der Waals surface area contributed by atoms with E-state index in [0.29, 0.717) is 0 Å². The molecule has 1 N–H and O–H groups in total. The van der Waals surface area contributed by atoms with Crippen LogP contribution in [0.3, 0.4) is 0 Å². The molecule has 0 spiro atoms. The number of amides is 1. The lowest BCUT2D eigenvalue weighted by atomic mass is 9.97. The predicted molar refractivity (Wildman–Crippen MR) is 110 cm³/mol. The van der Waals surface area contributed by atoms with E-state index in [-0.39, 0.29) is 22.8 Å². The summed E-state index contributed by atoms with van der Waals surface area (Å²) in [5.74, 6) is -0.202. The molecule has 5 nitrogen and oxygen atoms in total. The van der Waals surface area contributed by atoms with E-state index in [1.54, 1.807) is 12.1 Å². The van der Waals surface area contributed by atoms with Crippen LogP contribution in [0.1, 0.15) is 49.3 Å². The van der Waals surface area contributed by atoms with Crippen LogP contribution in [0, 0.1) is 0 Å². The third kappa shape index (κ3) is 3.47. The summed E-state index contributed by atoms with van der Waals surface area (Å²) in [6.45, 7) is 4.48. The number of sulfonamides is 1. The third-order valence-corrected chi connectivity index (χ3v) is 7.34. The topological polar surface area (TPSA) is 66.5 Å². The smallest absolute Gasteiger partial charge is 0.240 e. The summed E-state index contributed by atoms with van der Waals surface area (Å²) in [5, 5.41) is 0. The van der Waals surface area contributed by atoms with Crippen LogP contribution >= 0.6 is 0 Å². The van der Waals surface area contributed by atoms with Gasteiger partial charge in [0.05, 0.1) is 16.5 Å². The maximum Gasteiger partial charge on any atom is 0.240 e. The van der Waals surface area contributed by atoms with Crippen molar-refractivity contribution in [2.75, 3.05) is 11.4 Å². The fourth-order valence-corrected chi connectivity index (χ4v) is 5.60. The van der Waals surface area contributed by atoms with Crippen LogP contribution in [0.15, 0.2) is 47.4 Å². The standard InChI is InChI=1S/C22H26N2O3S/c1-15(10-11-17-7-4-3-5-8-17)23-28(26,27)19-13-18-9-6-12-24-21(18)20(14-19)16(2)22(24)25/h3-5,7-8,13-16,23H,6,9-12H2,1-2H3/t15-,16-/m1/s1. The predicted octanol–water partition coefficient (Wildman–Crippen LogP) is 3.38. The van der Waals surface area contributed by atoms with E-state index >= 15 is 0 Å². The maximum atomic E-state index is 13.0. The van der Waals surface area contributed by atoms with Gasteiger partial charge in [-0.15, -0.1) is 0 Å². The highest BCUT2D eigenvalue weighted by molar-refractivity contribution is 7.89. The van der Waals surface area contributed by atoms with Crippen LogP contribution in [0.5, 0.6) is 0 Å². The zero-order valence-corrected chi connectivity index (χ0v) is 17.1. The van der Waals surface area contributed by atoms with Crippen molar-refractivity contribution >= 4 is 21.6 Å². The number of carbonyl (C=O) groups excluding carboxylic acids is 1. The molecule has 2 heterocycles. The monoisotopic (exact) mass is 398 g/mol. The van der Waals surface area contributed by atoms with Crippen molar-refractivity contribution in [2.24, 2.45) is 0 Å². The summed E-state index contributed by atoms with van der Waals surface area (Å²) < 4.78 is 28.8. The molecule has 2 aromatic carbocycles. The molecule has 1 amide bonds. The second-order valence-corrected chi connectivity index (χ2v) is 9.60. The van der Waals surface area contributed by atoms with Crippen LogP contribution in [0.25, 0.3) is 0 Å². The van der Waals surface area contributed by atoms with Gasteiger partial charge in [0.25, 0.3) is 0 Å². The minimum absolute atomic E-state index is 0.0784. The highest BCUT2D eigenvalue weighted by Crippen LogP contribution is 2.43. The second-order valence-electron chi connectivity index (χ2n) is 7.88. The Hall–Kier alpha value is -2.18. The van der Waals surface area contributed by atoms with Gasteiger partial charge in [-0.3, -0.25) is 4.79 Å². The van der Waals surface area contributed by atoms with Crippen molar-refractivity contribution in [3.05, 3.63) is 59.2 Å². The molecule has 6 heteroatoms. The van der Waals surface area contributed by atoms with E-state index in [2.05, 4.69) is 16.9 Å². The van der Waals surface area contributed by atoms with Crippen LogP contribution in [-0.4, -0.2) is 26.9 Å². The summed E-state index contributed by atoms with van der Waals surface area (Å²) in [5.41, 5.74) is 3.96. The Morgan fingerprint density at radius 2 is 1.96 bits per heavy atom. The molecular weight excluding hydrogens is 372 g/mol. The zero-order valence-electron chi connectivity index (χ0n) is 16.3. The molecule has 0 radical (unpaired) electrons. The number of benzene rings is 2. The van der Waals surface area contributed by atoms with Gasteiger partial charge in [0.15, 0.2) is 0 Å². The van der Waals surface area contributed by atoms with Crippen molar-refractivity contribution in [3.8, 4) is 0 Å². The van der Waals surface area contributed by atoms with Gasteiger partial charge in [0.2, 0.25) is 15.9 Å². The van der Waals surface area contributed by atoms with Crippen molar-refractivity contribution in [1.82, 2.24) is 4.72 Å². The molecule has 28 heavy (non-hydrogen) atoms. The first-order valence-electron chi connectivity index (χ1n) is 9.91. The fraction of sp³-hybridized carbons (Fsp3) is 0.409. The minimum Gasteiger partial charge on any atom is -0.311 e. The fourth-order valence-electron chi connectivity index (χ4n) is 4.24. The summed E-state index contributed by atoms with van der Waals surface area (Å²) in [6, 6.07) is 13.3. The molecule has 4 rings (SSSR count). The molecule has 0 unspecified atom stereocenters. The minimum atomic E-state index is -3.63. The van der Waals surface area contributed by atoms with E-state index in [1.165, 1.54) is 5.56 Å². The molecule has 2 aliphatic rings. The van der Waals surface area contributed by atoms with Gasteiger partial charge in [-0.1, -0.05) is 30.3 Å². The van der Waals surface area contributed by atoms with Crippen molar-refractivity contribution in [2.45, 2.75) is 56.4 Å². The summed E-state index contributed by atoms with van der Waals surface area (Å²) >= 11 is 0. The number of hydrogen-bond acceptors (Lipinski definition) is 3. The number of nitrogens with zero attached hydrogens (tertiary/aromatic N) is 1. The average molecular weight is 399 g/mol. The van der Waals surface area contributed by atoms with E-state index in [4.69, 9.17) is 0 Å². The van der Waals surface area contributed by atoms with Crippen LogP contribution < -0.4 is 9.62 Å². The molecule has 148 valence electrons. The molecule has 0 aromatic heterocycles. The third-order valence-electron chi connectivity index (χ3n) is 5.77. The maximum absolute atomic E-state index is 13.0. The summed E-state index contributed by atoms with van der Waals surface area (Å²) in [7, 11) is -3.63. The Balaban J connectivity index is 1.54. The van der Waals surface area contributed by atoms with Gasteiger partial charge in [-0.25, -0.2) is 13.1 Å². The van der Waals surface area contributed by atoms with Gasteiger partial charge in [0, 0.05) is 12.6 Å². The van der Waals surface area contributed by atoms with Crippen molar-refractivity contribution < 1.29 is 13.2 Å². The Kier molecular flexibility index (Phi) is 5.02. The molecule has 0 aliphatic carbocycles. The van der Waals surface area contributed by atoms with Crippen LogP contribution in [0.2, 0.25) is 0 Å². The molecular formula is C22H26N2O3S. The first-order valence-corrected chi connectivity index (χ1v) is 11.4. The van der Waals surface area contributed by atoms with E-state index < -0.39 is 10.0 Å². The Labute approximate surface area is 166 Å². The lowest BCUT2D eigenvalue weighted by molar-refractivity contribution is -0.119. The Morgan fingerprint density at radius 3 is 2.71 bits per heavy atom. The molecule has 0 saturated heterocycles. The first-order chi connectivity index (χ1) is 13.4. The summed E-state index contributed by atoms with van der Waals surface area (Å²) in [4.78, 5) is 14.6. The normalized spacial score (nSPS) is 19.6. The lowest BCUT2D eigenvalue weighted by Crippen LogP contribution is -2.33. The molecule has 2 atom stereocenters. The number of anilines is 1. The van der Waals surface area contributed by atoms with E-state index in [9.17, 15) is 13.2 Å². The molecule has 2 aliphatic heterocycles. The highest BCUT2D eigenvalue weighted by atomic mass is 32.2. The number of carbonyl (C=O) groups is 1. The van der Waals surface area contributed by atoms with Crippen LogP contribution in [0.4, 0.5) is 5.69 Å². The van der Waals surface area contributed by atoms with Gasteiger partial charge in [0.1, 0.15) is 0 Å². The lowest BCUT2D eigenvalue weighted by Gasteiger charge is -2.26. The van der Waals surface area contributed by atoms with Gasteiger partial charge in [-0.2, -0.15) is 0 Å². The van der Waals surface area contributed by atoms with E-state index in [1.807, 2.05) is 36.9 Å². The second kappa shape index (κ2) is 7.33. The Morgan fingerprint density at radius 1 is 1.21 bits per heavy atom. The largest absolute Gasteiger partial charge is 0.311 e. The number of nitrogens with one attached hydrogen (secondary N) is 1. The van der Waals surface area contributed by atoms with Crippen LogP contribution in [-0.2, 0) is 27.7 Å². The van der Waals surface area contributed by atoms with E-state index in [0.717, 1.165) is 49.0 Å². The molecule has 0 bridgehead atoms. The molecule has 2 aromatic rings. The SMILES string of the molecule is C[C@H](CCc1ccccc1)NS(=O)(=O)c1cc2c3c(c1)[C@@H](C)C(=O)N3CCC2. The number of rotatable bonds is 6. The quantitative estimate of drug-likeness (QED) is 0.811. The first kappa shape index (κ1) is 19.2. The number of hydrogen-bond donors (Lipinski definition) is 1. The Bertz CT molecular complexity index is 1000. The molecule has 0 fully saturated rings. The van der Waals surface area contributed by atoms with Crippen molar-refractivity contribution in [3.63, 3.8) is 0 Å². The highest BCUT2D eigenvalue weighted by Gasteiger charge is 2.38.